The van der Waals surface area contributed by atoms with Crippen LogP contribution in [0, 0.1) is 10.1 Å². The Labute approximate surface area is 91.3 Å². The number of nitro benzene ring substituents is 1. The Hall–Kier alpha value is -1.42. The second-order valence-corrected chi connectivity index (χ2v) is 2.58. The number of nitrogens with zero attached hydrogens (tertiary/aromatic N) is 1. The monoisotopic (exact) mass is 270 g/mol. The first-order valence-corrected chi connectivity index (χ1v) is 3.73. The highest BCUT2D eigenvalue weighted by molar-refractivity contribution is 7.97. The van der Waals surface area contributed by atoms with E-state index in [1.54, 1.807) is 12.1 Å². The van der Waals surface area contributed by atoms with E-state index in [1.165, 1.54) is 12.1 Å². The minimum Gasteiger partial charge on any atom is -0.274 e. The molecule has 0 aliphatic heterocycles. The summed E-state index contributed by atoms with van der Waals surface area (Å²) in [5.41, 5.74) is 0.0699. The number of hydrogen-bond donors (Lipinski definition) is 1. The lowest BCUT2D eigenvalue weighted by Crippen LogP contribution is -1.88. The van der Waals surface area contributed by atoms with Crippen molar-refractivity contribution in [3.63, 3.8) is 0 Å². The van der Waals surface area contributed by atoms with Crippen molar-refractivity contribution in [2.24, 2.45) is 5.14 Å². The lowest BCUT2D eigenvalue weighted by atomic mass is 10.3. The van der Waals surface area contributed by atoms with E-state index >= 15 is 0 Å². The molecule has 0 bridgehead atoms. The van der Waals surface area contributed by atoms with Crippen molar-refractivity contribution in [3.05, 3.63) is 34.4 Å². The Morgan fingerprint density at radius 3 is 2.00 bits per heavy atom. The van der Waals surface area contributed by atoms with Crippen LogP contribution in [0.2, 0.25) is 0 Å². The van der Waals surface area contributed by atoms with Gasteiger partial charge in [0, 0.05) is 17.0 Å². The Kier molecular flexibility index (Phi) is 24.9. The molecule has 2 N–H and O–H groups in total. The number of halogens is 5. The molecular weight excluding hydrogens is 259 g/mol. The fourth-order valence-corrected chi connectivity index (χ4v) is 1.02. The summed E-state index contributed by atoms with van der Waals surface area (Å²) < 4.78 is 0. The summed E-state index contributed by atoms with van der Waals surface area (Å²) >= 11 is 0.996. The van der Waals surface area contributed by atoms with E-state index in [1.807, 2.05) is 0 Å². The Bertz CT molecular complexity index is 291. The molecule has 0 aliphatic carbocycles. The standard InChI is InChI=1S/C6H6N2O2S.5FH/c7-11-6-3-1-2-5(4-6)8(9)10;;;;;/h1-4H,7H2;5*1H. The van der Waals surface area contributed by atoms with Gasteiger partial charge < -0.3 is 0 Å². The third-order valence-corrected chi connectivity index (χ3v) is 1.69. The van der Waals surface area contributed by atoms with Crippen molar-refractivity contribution in [2.45, 2.75) is 4.90 Å². The van der Waals surface area contributed by atoms with Crippen molar-refractivity contribution in [2.75, 3.05) is 0 Å². The topological polar surface area (TPSA) is 69.2 Å². The molecule has 0 unspecified atom stereocenters. The van der Waals surface area contributed by atoms with Crippen molar-refractivity contribution in [1.82, 2.24) is 0 Å². The molecule has 1 rings (SSSR count). The van der Waals surface area contributed by atoms with E-state index in [9.17, 15) is 10.1 Å². The molecule has 0 spiro atoms. The highest BCUT2D eigenvalue weighted by Crippen LogP contribution is 2.18. The molecule has 0 aromatic heterocycles. The van der Waals surface area contributed by atoms with E-state index in [-0.39, 0.29) is 29.2 Å². The maximum atomic E-state index is 10.2. The van der Waals surface area contributed by atoms with E-state index in [4.69, 9.17) is 5.14 Å². The van der Waals surface area contributed by atoms with Crippen molar-refractivity contribution in [1.29, 1.82) is 0 Å². The van der Waals surface area contributed by atoms with Crippen LogP contribution in [0.5, 0.6) is 0 Å². The molecule has 1 aromatic carbocycles. The maximum Gasteiger partial charge on any atom is 0.270 e. The van der Waals surface area contributed by atoms with Gasteiger partial charge in [-0.05, 0) is 18.0 Å². The summed E-state index contributed by atoms with van der Waals surface area (Å²) in [5.74, 6) is 0. The smallest absolute Gasteiger partial charge is 0.270 e. The van der Waals surface area contributed by atoms with Crippen LogP contribution in [-0.4, -0.2) is 4.92 Å². The van der Waals surface area contributed by atoms with Gasteiger partial charge in [-0.3, -0.25) is 38.8 Å². The van der Waals surface area contributed by atoms with Crippen molar-refractivity contribution in [3.8, 4) is 0 Å². The van der Waals surface area contributed by atoms with Crippen molar-refractivity contribution < 1.29 is 28.4 Å². The first-order chi connectivity index (χ1) is 5.24. The van der Waals surface area contributed by atoms with Crippen LogP contribution < -0.4 is 5.14 Å². The fourth-order valence-electron chi connectivity index (χ4n) is 0.670. The molecule has 16 heavy (non-hydrogen) atoms. The summed E-state index contributed by atoms with van der Waals surface area (Å²) in [7, 11) is 0. The van der Waals surface area contributed by atoms with Crippen LogP contribution in [0.1, 0.15) is 0 Å². The zero-order valence-corrected chi connectivity index (χ0v) is 8.42. The zero-order valence-electron chi connectivity index (χ0n) is 7.60. The third kappa shape index (κ3) is 7.94. The van der Waals surface area contributed by atoms with Gasteiger partial charge >= 0.3 is 0 Å². The van der Waals surface area contributed by atoms with E-state index < -0.39 is 4.92 Å². The van der Waals surface area contributed by atoms with Crippen LogP contribution in [0.25, 0.3) is 0 Å². The van der Waals surface area contributed by atoms with Gasteiger partial charge in [-0.15, -0.1) is 0 Å². The molecule has 0 saturated carbocycles. The van der Waals surface area contributed by atoms with Crippen molar-refractivity contribution >= 4 is 17.6 Å². The summed E-state index contributed by atoms with van der Waals surface area (Å²) in [5, 5.41) is 15.4. The largest absolute Gasteiger partial charge is 0.274 e. The number of rotatable bonds is 2. The zero-order chi connectivity index (χ0) is 8.27. The summed E-state index contributed by atoms with van der Waals surface area (Å²) in [4.78, 5) is 10.5. The summed E-state index contributed by atoms with van der Waals surface area (Å²) in [6, 6.07) is 6.19. The van der Waals surface area contributed by atoms with Gasteiger partial charge in [0.25, 0.3) is 5.69 Å². The predicted molar refractivity (Wildman–Crippen MR) is 55.7 cm³/mol. The minimum atomic E-state index is -0.445. The van der Waals surface area contributed by atoms with Gasteiger partial charge in [0.15, 0.2) is 0 Å². The lowest BCUT2D eigenvalue weighted by molar-refractivity contribution is -0.385. The van der Waals surface area contributed by atoms with Gasteiger partial charge in [-0.2, -0.15) is 0 Å². The van der Waals surface area contributed by atoms with Crippen LogP contribution in [0.3, 0.4) is 0 Å². The molecule has 0 radical (unpaired) electrons. The van der Waals surface area contributed by atoms with E-state index in [2.05, 4.69) is 0 Å². The number of hydrogen-bond acceptors (Lipinski definition) is 4. The molecule has 98 valence electrons. The number of nitrogens with two attached hydrogens (primary N) is 1. The second kappa shape index (κ2) is 13.6. The van der Waals surface area contributed by atoms with Crippen LogP contribution in [-0.2, 0) is 0 Å². The molecule has 4 nitrogen and oxygen atoms in total. The molecule has 0 heterocycles. The van der Waals surface area contributed by atoms with Gasteiger partial charge in [0.1, 0.15) is 0 Å². The van der Waals surface area contributed by atoms with Gasteiger partial charge in [-0.1, -0.05) is 6.07 Å². The number of non-ortho nitro benzene ring substituents is 1. The minimum absolute atomic E-state index is 0. The normalized spacial score (nSPS) is 6.56. The Balaban J connectivity index is -0.0000000807. The molecule has 10 heteroatoms. The molecule has 0 amide bonds. The number of benzene rings is 1. The average molecular weight is 270 g/mol. The average Bonchev–Trinajstić information content (AvgIpc) is 2.05. The first-order valence-electron chi connectivity index (χ1n) is 2.85. The lowest BCUT2D eigenvalue weighted by Gasteiger charge is -1.93. The van der Waals surface area contributed by atoms with E-state index in [0.717, 1.165) is 11.9 Å². The highest BCUT2D eigenvalue weighted by atomic mass is 32.2. The Morgan fingerprint density at radius 1 is 1.12 bits per heavy atom. The maximum absolute atomic E-state index is 10.2. The molecule has 1 aromatic rings. The fraction of sp³-hybridized carbons (Fsp3) is 0. The number of nitro groups is 1. The molecule has 0 aliphatic rings. The third-order valence-electron chi connectivity index (χ3n) is 1.16. The molecule has 0 atom stereocenters. The van der Waals surface area contributed by atoms with Crippen LogP contribution in [0.15, 0.2) is 29.2 Å². The Morgan fingerprint density at radius 2 is 1.62 bits per heavy atom. The molecule has 0 fully saturated rings. The SMILES string of the molecule is F.F.F.F.F.NSc1cccc([N+](=O)[O-])c1. The van der Waals surface area contributed by atoms with Gasteiger partial charge in [0.05, 0.1) is 4.92 Å². The molecule has 0 saturated heterocycles. The van der Waals surface area contributed by atoms with Crippen LogP contribution >= 0.6 is 11.9 Å². The predicted octanol–water partition coefficient (Wildman–Crippen LogP) is 2.32. The van der Waals surface area contributed by atoms with Gasteiger partial charge in [-0.25, -0.2) is 0 Å². The molecular formula is C6H11F5N2O2S. The second-order valence-electron chi connectivity index (χ2n) is 1.87. The van der Waals surface area contributed by atoms with Gasteiger partial charge in [0.2, 0.25) is 0 Å². The summed E-state index contributed by atoms with van der Waals surface area (Å²) in [6.07, 6.45) is 0. The quantitative estimate of drug-likeness (QED) is 0.387. The highest BCUT2D eigenvalue weighted by Gasteiger charge is 2.03. The summed E-state index contributed by atoms with van der Waals surface area (Å²) in [6.45, 7) is 0. The van der Waals surface area contributed by atoms with E-state index in [0.29, 0.717) is 4.90 Å². The first kappa shape index (κ1) is 29.3. The van der Waals surface area contributed by atoms with Crippen LogP contribution in [0.4, 0.5) is 29.2 Å².